The van der Waals surface area contributed by atoms with E-state index in [4.69, 9.17) is 11.5 Å². The van der Waals surface area contributed by atoms with Crippen LogP contribution in [0.25, 0.3) is 0 Å². The van der Waals surface area contributed by atoms with Crippen LogP contribution in [-0.2, 0) is 17.6 Å². The molecule has 7 nitrogen and oxygen atoms in total. The van der Waals surface area contributed by atoms with E-state index in [1.54, 1.807) is 6.92 Å². The van der Waals surface area contributed by atoms with Gasteiger partial charge in [-0.15, -0.1) is 0 Å². The van der Waals surface area contributed by atoms with Crippen molar-refractivity contribution < 1.29 is 25.2 Å². The topological polar surface area (TPSA) is 150 Å². The summed E-state index contributed by atoms with van der Waals surface area (Å²) >= 11 is 0. The Morgan fingerprint density at radius 1 is 1.23 bits per heavy atom. The zero-order valence-electron chi connectivity index (χ0n) is 29.3. The molecule has 2 saturated carbocycles. The summed E-state index contributed by atoms with van der Waals surface area (Å²) in [5, 5.41) is 45.2. The summed E-state index contributed by atoms with van der Waals surface area (Å²) in [5.74, 6) is 5.54. The van der Waals surface area contributed by atoms with E-state index >= 15 is 0 Å². The fourth-order valence-electron chi connectivity index (χ4n) is 8.68. The Bertz CT molecular complexity index is 1550. The highest BCUT2D eigenvalue weighted by atomic mass is 16.3. The smallest absolute Gasteiger partial charge is 0.162 e. The quantitative estimate of drug-likeness (QED) is 0.0821. The van der Waals surface area contributed by atoms with Gasteiger partial charge in [0.1, 0.15) is 0 Å². The third-order valence-electron chi connectivity index (χ3n) is 11.1. The minimum atomic E-state index is -1.34. The van der Waals surface area contributed by atoms with Gasteiger partial charge in [-0.1, -0.05) is 72.1 Å². The number of hydrogen-bond donors (Lipinski definition) is 6. The number of ketones is 1. The van der Waals surface area contributed by atoms with Gasteiger partial charge in [0.15, 0.2) is 5.78 Å². The van der Waals surface area contributed by atoms with E-state index in [1.165, 1.54) is 5.57 Å². The maximum absolute atomic E-state index is 14.1. The van der Waals surface area contributed by atoms with Gasteiger partial charge >= 0.3 is 0 Å². The van der Waals surface area contributed by atoms with Gasteiger partial charge in [-0.3, -0.25) is 4.79 Å². The highest BCUT2D eigenvalue weighted by Gasteiger charge is 2.65. The van der Waals surface area contributed by atoms with Crippen LogP contribution in [0.3, 0.4) is 0 Å². The summed E-state index contributed by atoms with van der Waals surface area (Å²) in [6.45, 7) is 11.7. The minimum absolute atomic E-state index is 0.0386. The summed E-state index contributed by atoms with van der Waals surface area (Å²) < 4.78 is 0. The van der Waals surface area contributed by atoms with Crippen molar-refractivity contribution in [1.82, 2.24) is 0 Å². The van der Waals surface area contributed by atoms with Gasteiger partial charge in [-0.25, -0.2) is 0 Å². The maximum atomic E-state index is 14.1. The average molecular weight is 657 g/mol. The van der Waals surface area contributed by atoms with Crippen LogP contribution in [0.5, 0.6) is 0 Å². The van der Waals surface area contributed by atoms with E-state index in [2.05, 4.69) is 38.3 Å². The predicted molar refractivity (Wildman–Crippen MR) is 192 cm³/mol. The Hall–Kier alpha value is -3.09. The molecule has 4 rings (SSSR count). The molecule has 1 aromatic carbocycles. The summed E-state index contributed by atoms with van der Waals surface area (Å²) in [4.78, 5) is 14.1. The van der Waals surface area contributed by atoms with Crippen molar-refractivity contribution >= 4 is 5.78 Å². The Morgan fingerprint density at radius 2 is 1.98 bits per heavy atom. The second-order valence-corrected chi connectivity index (χ2v) is 14.5. The van der Waals surface area contributed by atoms with E-state index in [-0.39, 0.29) is 37.8 Å². The number of Topliss-reactive ketones (excluding diaryl/α,β-unsaturated/α-hetero) is 1. The summed E-state index contributed by atoms with van der Waals surface area (Å²) in [5.41, 5.74) is 16.7. The lowest BCUT2D eigenvalue weighted by Gasteiger charge is -2.57. The van der Waals surface area contributed by atoms with Gasteiger partial charge in [0, 0.05) is 36.7 Å². The van der Waals surface area contributed by atoms with Crippen LogP contribution in [-0.4, -0.2) is 51.1 Å². The number of carbonyl (C=O) groups excluding carboxylic acids is 1. The Kier molecular flexibility index (Phi) is 12.6. The van der Waals surface area contributed by atoms with Crippen LogP contribution in [0.4, 0.5) is 0 Å². The number of hydrogen-bond acceptors (Lipinski definition) is 7. The van der Waals surface area contributed by atoms with Crippen LogP contribution in [0, 0.1) is 35.0 Å². The summed E-state index contributed by atoms with van der Waals surface area (Å²) in [6, 6.07) is 5.67. The van der Waals surface area contributed by atoms with Gasteiger partial charge in [-0.05, 0) is 112 Å². The number of aliphatic hydroxyl groups excluding tert-OH is 3. The highest BCUT2D eigenvalue weighted by Crippen LogP contribution is 2.64. The number of rotatable bonds is 11. The molecule has 7 heteroatoms. The molecule has 0 amide bonds. The molecule has 3 aliphatic carbocycles. The fourth-order valence-corrected chi connectivity index (χ4v) is 8.68. The van der Waals surface area contributed by atoms with Crippen molar-refractivity contribution in [2.75, 3.05) is 13.2 Å². The number of allylic oxidation sites excluding steroid dienone is 8. The monoisotopic (exact) mass is 656 g/mol. The molecule has 0 aliphatic heterocycles. The third-order valence-corrected chi connectivity index (χ3v) is 11.1. The zero-order chi connectivity index (χ0) is 35.2. The summed E-state index contributed by atoms with van der Waals surface area (Å²) in [7, 11) is 0. The second-order valence-electron chi connectivity index (χ2n) is 14.5. The first-order valence-electron chi connectivity index (χ1n) is 17.4. The SMILES string of the molecule is C=C(C=CC=C(CO)[C@H]1CC[C@@]2([C@H](CCCO)C3=C(C)C(=O)Cc4cccc(C(N)N)c4CC#C[C@H]3C[C@@]2(C)O)[C@@H]1O)CCC=C(C)C. The van der Waals surface area contributed by atoms with Gasteiger partial charge < -0.3 is 31.9 Å². The molecule has 48 heavy (non-hydrogen) atoms. The molecule has 0 aromatic heterocycles. The Morgan fingerprint density at radius 3 is 2.65 bits per heavy atom. The lowest BCUT2D eigenvalue weighted by molar-refractivity contribution is -0.173. The summed E-state index contributed by atoms with van der Waals surface area (Å²) in [6.07, 6.45) is 10.8. The van der Waals surface area contributed by atoms with E-state index in [9.17, 15) is 25.2 Å². The molecule has 3 aliphatic rings. The zero-order valence-corrected chi connectivity index (χ0v) is 29.3. The fraction of sp³-hybridized carbons (Fsp3) is 0.537. The lowest BCUT2D eigenvalue weighted by Crippen LogP contribution is -2.61. The van der Waals surface area contributed by atoms with Crippen molar-refractivity contribution in [3.8, 4) is 11.8 Å². The first-order chi connectivity index (χ1) is 22.8. The molecule has 8 N–H and O–H groups in total. The Labute approximate surface area is 287 Å². The van der Waals surface area contributed by atoms with Gasteiger partial charge in [0.05, 0.1) is 24.5 Å². The van der Waals surface area contributed by atoms with Crippen molar-refractivity contribution in [3.63, 3.8) is 0 Å². The molecule has 6 atom stereocenters. The third kappa shape index (κ3) is 7.70. The number of aliphatic hydroxyl groups is 4. The molecule has 0 bridgehead atoms. The molecule has 2 fully saturated rings. The van der Waals surface area contributed by atoms with Crippen molar-refractivity contribution in [3.05, 3.63) is 93.6 Å². The van der Waals surface area contributed by atoms with E-state index in [0.29, 0.717) is 43.3 Å². The van der Waals surface area contributed by atoms with Crippen LogP contribution in [0.2, 0.25) is 0 Å². The molecule has 1 spiro atoms. The first-order valence-corrected chi connectivity index (χ1v) is 17.4. The van der Waals surface area contributed by atoms with E-state index < -0.39 is 35.1 Å². The second kappa shape index (κ2) is 16.1. The number of benzene rings is 1. The maximum Gasteiger partial charge on any atom is 0.162 e. The molecule has 260 valence electrons. The minimum Gasteiger partial charge on any atom is -0.396 e. The van der Waals surface area contributed by atoms with Gasteiger partial charge in [-0.2, -0.15) is 0 Å². The standard InChI is InChI=1S/C41H56N2O5/c1-26(2)11-6-12-27(3)13-7-16-31(25-45)33-20-21-41(38(33)47)35(19-10-22-44)37-28(4)36(46)23-29-14-8-18-34(39(42)43)32(29)17-9-15-30(37)24-40(41,5)48/h7-8,11,13-14,16,18,30,33,35,38-39,44-45,47-48H,3,6,10,12,17,19-25,42-43H2,1-2,4-5H3/t30-,33+,35+,38+,40+,41+/m0/s1. The van der Waals surface area contributed by atoms with Crippen LogP contribution in [0.15, 0.2) is 76.9 Å². The predicted octanol–water partition coefficient (Wildman–Crippen LogP) is 5.28. The molecule has 0 saturated heterocycles. The van der Waals surface area contributed by atoms with Crippen LogP contribution < -0.4 is 11.5 Å². The van der Waals surface area contributed by atoms with Gasteiger partial charge in [0.2, 0.25) is 0 Å². The van der Waals surface area contributed by atoms with E-state index in [1.807, 2.05) is 43.4 Å². The molecule has 0 radical (unpaired) electrons. The average Bonchev–Trinajstić information content (AvgIpc) is 3.37. The Balaban J connectivity index is 1.75. The van der Waals surface area contributed by atoms with Gasteiger partial charge in [0.25, 0.3) is 0 Å². The number of nitrogens with two attached hydrogens (primary N) is 2. The number of carbonyl (C=O) groups is 1. The van der Waals surface area contributed by atoms with Crippen molar-refractivity contribution in [2.24, 2.45) is 34.6 Å². The highest BCUT2D eigenvalue weighted by molar-refractivity contribution is 5.97. The van der Waals surface area contributed by atoms with E-state index in [0.717, 1.165) is 40.7 Å². The number of fused-ring (bicyclic) bond motifs is 2. The normalized spacial score (nSPS) is 29.1. The largest absolute Gasteiger partial charge is 0.396 e. The van der Waals surface area contributed by atoms with Crippen LogP contribution in [0.1, 0.15) is 95.5 Å². The molecular weight excluding hydrogens is 600 g/mol. The molecule has 1 aromatic rings. The lowest BCUT2D eigenvalue weighted by atomic mass is 9.50. The van der Waals surface area contributed by atoms with Crippen LogP contribution >= 0.6 is 0 Å². The first kappa shape index (κ1) is 37.7. The van der Waals surface area contributed by atoms with Crippen molar-refractivity contribution in [1.29, 1.82) is 0 Å². The molecular formula is C41H56N2O5. The molecule has 0 heterocycles. The van der Waals surface area contributed by atoms with Crippen molar-refractivity contribution in [2.45, 2.75) is 103 Å². The molecule has 0 unspecified atom stereocenters.